The quantitative estimate of drug-likeness (QED) is 0.887. The molecule has 2 rings (SSSR count). The summed E-state index contributed by atoms with van der Waals surface area (Å²) in [5, 5.41) is 0. The number of para-hydroxylation sites is 1. The normalized spacial score (nSPS) is 11.3. The van der Waals surface area contributed by atoms with Gasteiger partial charge in [0.15, 0.2) is 9.84 Å². The lowest BCUT2D eigenvalue weighted by atomic mass is 10.2. The Bertz CT molecular complexity index is 667. The zero-order valence-electron chi connectivity index (χ0n) is 12.1. The number of hydrogen-bond acceptors (Lipinski definition) is 4. The van der Waals surface area contributed by atoms with E-state index >= 15 is 0 Å². The molecule has 0 atom stereocenters. The van der Waals surface area contributed by atoms with E-state index in [0.717, 1.165) is 11.3 Å². The molecule has 0 aliphatic rings. The Balaban J connectivity index is 2.04. The van der Waals surface area contributed by atoms with Gasteiger partial charge in [-0.1, -0.05) is 30.3 Å². The van der Waals surface area contributed by atoms with E-state index in [0.29, 0.717) is 18.0 Å². The van der Waals surface area contributed by atoms with Crippen molar-refractivity contribution in [2.45, 2.75) is 11.4 Å². The van der Waals surface area contributed by atoms with Gasteiger partial charge in [0.05, 0.1) is 10.6 Å². The first-order chi connectivity index (χ1) is 10.0. The molecular formula is C16H20N2O2S. The molecule has 0 unspecified atom stereocenters. The van der Waals surface area contributed by atoms with Gasteiger partial charge in [0.1, 0.15) is 0 Å². The molecule has 0 bridgehead atoms. The second-order valence-electron chi connectivity index (χ2n) is 4.92. The number of anilines is 1. The van der Waals surface area contributed by atoms with E-state index in [1.54, 1.807) is 24.3 Å². The predicted octanol–water partition coefficient (Wildman–Crippen LogP) is 2.06. The van der Waals surface area contributed by atoms with Crippen LogP contribution in [0, 0.1) is 0 Å². The lowest BCUT2D eigenvalue weighted by Gasteiger charge is -2.19. The lowest BCUT2D eigenvalue weighted by molar-refractivity contribution is 0.595. The van der Waals surface area contributed by atoms with Crippen LogP contribution in [0.2, 0.25) is 0 Å². The standard InChI is InChI=1S/C16H20N2O2S/c1-18(15-5-3-2-4-6-15)11-12-21(19,20)16-9-7-14(13-17)8-10-16/h2-10H,11-13,17H2,1H3. The summed E-state index contributed by atoms with van der Waals surface area (Å²) in [7, 11) is -1.38. The first-order valence-electron chi connectivity index (χ1n) is 6.81. The highest BCUT2D eigenvalue weighted by molar-refractivity contribution is 7.91. The molecule has 0 heterocycles. The van der Waals surface area contributed by atoms with E-state index in [1.165, 1.54) is 0 Å². The summed E-state index contributed by atoms with van der Waals surface area (Å²) >= 11 is 0. The summed E-state index contributed by atoms with van der Waals surface area (Å²) in [6.07, 6.45) is 0. The van der Waals surface area contributed by atoms with E-state index in [9.17, 15) is 8.42 Å². The molecular weight excluding hydrogens is 284 g/mol. The van der Waals surface area contributed by atoms with Crippen molar-refractivity contribution >= 4 is 15.5 Å². The fourth-order valence-electron chi connectivity index (χ4n) is 2.02. The molecule has 0 aromatic heterocycles. The van der Waals surface area contributed by atoms with Crippen molar-refractivity contribution in [2.75, 3.05) is 24.2 Å². The molecule has 0 amide bonds. The molecule has 0 saturated carbocycles. The Hall–Kier alpha value is -1.85. The van der Waals surface area contributed by atoms with Crippen LogP contribution in [0.4, 0.5) is 5.69 Å². The number of sulfone groups is 1. The molecule has 21 heavy (non-hydrogen) atoms. The van der Waals surface area contributed by atoms with E-state index in [2.05, 4.69) is 0 Å². The lowest BCUT2D eigenvalue weighted by Crippen LogP contribution is -2.25. The molecule has 0 aliphatic heterocycles. The van der Waals surface area contributed by atoms with Gasteiger partial charge in [0.2, 0.25) is 0 Å². The Morgan fingerprint density at radius 1 is 1.00 bits per heavy atom. The highest BCUT2D eigenvalue weighted by Crippen LogP contribution is 2.15. The van der Waals surface area contributed by atoms with Gasteiger partial charge in [-0.15, -0.1) is 0 Å². The maximum atomic E-state index is 12.3. The van der Waals surface area contributed by atoms with Crippen LogP contribution in [0.1, 0.15) is 5.56 Å². The van der Waals surface area contributed by atoms with Crippen molar-refractivity contribution in [3.63, 3.8) is 0 Å². The molecule has 0 radical (unpaired) electrons. The summed E-state index contributed by atoms with van der Waals surface area (Å²) in [6.45, 7) is 0.863. The molecule has 4 nitrogen and oxygen atoms in total. The van der Waals surface area contributed by atoms with Crippen LogP contribution in [0.25, 0.3) is 0 Å². The van der Waals surface area contributed by atoms with Crippen LogP contribution in [0.15, 0.2) is 59.5 Å². The zero-order valence-corrected chi connectivity index (χ0v) is 12.9. The monoisotopic (exact) mass is 304 g/mol. The van der Waals surface area contributed by atoms with Crippen LogP contribution in [0.5, 0.6) is 0 Å². The third kappa shape index (κ3) is 4.06. The molecule has 0 fully saturated rings. The Morgan fingerprint density at radius 3 is 2.19 bits per heavy atom. The van der Waals surface area contributed by atoms with Crippen molar-refractivity contribution in [3.05, 3.63) is 60.2 Å². The number of rotatable bonds is 6. The molecule has 0 saturated heterocycles. The third-order valence-electron chi connectivity index (χ3n) is 3.41. The number of nitrogens with two attached hydrogens (primary N) is 1. The van der Waals surface area contributed by atoms with Crippen molar-refractivity contribution in [1.29, 1.82) is 0 Å². The van der Waals surface area contributed by atoms with E-state index in [4.69, 9.17) is 5.73 Å². The van der Waals surface area contributed by atoms with Gasteiger partial charge >= 0.3 is 0 Å². The van der Waals surface area contributed by atoms with Crippen LogP contribution in [-0.4, -0.2) is 27.8 Å². The van der Waals surface area contributed by atoms with Crippen LogP contribution >= 0.6 is 0 Å². The van der Waals surface area contributed by atoms with E-state index in [1.807, 2.05) is 42.3 Å². The van der Waals surface area contributed by atoms with Gasteiger partial charge in [0, 0.05) is 25.8 Å². The van der Waals surface area contributed by atoms with Crippen molar-refractivity contribution in [3.8, 4) is 0 Å². The van der Waals surface area contributed by atoms with Gasteiger partial charge in [-0.25, -0.2) is 8.42 Å². The second-order valence-corrected chi connectivity index (χ2v) is 7.03. The number of hydrogen-bond donors (Lipinski definition) is 1. The fourth-order valence-corrected chi connectivity index (χ4v) is 3.32. The molecule has 5 heteroatoms. The van der Waals surface area contributed by atoms with Gasteiger partial charge in [-0.2, -0.15) is 0 Å². The van der Waals surface area contributed by atoms with Crippen LogP contribution in [-0.2, 0) is 16.4 Å². The highest BCUT2D eigenvalue weighted by atomic mass is 32.2. The number of benzene rings is 2. The summed E-state index contributed by atoms with van der Waals surface area (Å²) in [4.78, 5) is 2.28. The summed E-state index contributed by atoms with van der Waals surface area (Å²) in [5.41, 5.74) is 7.45. The molecule has 2 aromatic carbocycles. The molecule has 112 valence electrons. The van der Waals surface area contributed by atoms with E-state index in [-0.39, 0.29) is 5.75 Å². The van der Waals surface area contributed by atoms with Crippen molar-refractivity contribution < 1.29 is 8.42 Å². The smallest absolute Gasteiger partial charge is 0.180 e. The minimum atomic E-state index is -3.27. The minimum absolute atomic E-state index is 0.0837. The van der Waals surface area contributed by atoms with Gasteiger partial charge in [0.25, 0.3) is 0 Å². The highest BCUT2D eigenvalue weighted by Gasteiger charge is 2.15. The Labute approximate surface area is 126 Å². The zero-order chi connectivity index (χ0) is 15.3. The van der Waals surface area contributed by atoms with Gasteiger partial charge in [-0.05, 0) is 29.8 Å². The van der Waals surface area contributed by atoms with Crippen molar-refractivity contribution in [1.82, 2.24) is 0 Å². The van der Waals surface area contributed by atoms with Crippen LogP contribution in [0.3, 0.4) is 0 Å². The topological polar surface area (TPSA) is 63.4 Å². The molecule has 0 aliphatic carbocycles. The van der Waals surface area contributed by atoms with Crippen molar-refractivity contribution in [2.24, 2.45) is 5.73 Å². The number of nitrogens with zero attached hydrogens (tertiary/aromatic N) is 1. The Morgan fingerprint density at radius 2 is 1.62 bits per heavy atom. The Kier molecular flexibility index (Phi) is 4.98. The maximum Gasteiger partial charge on any atom is 0.180 e. The van der Waals surface area contributed by atoms with Gasteiger partial charge in [-0.3, -0.25) is 0 Å². The molecule has 0 spiro atoms. The van der Waals surface area contributed by atoms with Crippen LogP contribution < -0.4 is 10.6 Å². The summed E-state index contributed by atoms with van der Waals surface area (Å²) in [6, 6.07) is 16.5. The fraction of sp³-hybridized carbons (Fsp3) is 0.250. The average Bonchev–Trinajstić information content (AvgIpc) is 2.53. The first kappa shape index (κ1) is 15.5. The average molecular weight is 304 g/mol. The largest absolute Gasteiger partial charge is 0.374 e. The second kappa shape index (κ2) is 6.74. The summed E-state index contributed by atoms with van der Waals surface area (Å²) in [5.74, 6) is 0.0837. The van der Waals surface area contributed by atoms with Gasteiger partial charge < -0.3 is 10.6 Å². The predicted molar refractivity (Wildman–Crippen MR) is 86.1 cm³/mol. The summed E-state index contributed by atoms with van der Waals surface area (Å²) < 4.78 is 24.6. The molecule has 2 aromatic rings. The third-order valence-corrected chi connectivity index (χ3v) is 5.12. The molecule has 2 N–H and O–H groups in total. The first-order valence-corrected chi connectivity index (χ1v) is 8.46. The maximum absolute atomic E-state index is 12.3. The SMILES string of the molecule is CN(CCS(=O)(=O)c1ccc(CN)cc1)c1ccccc1. The minimum Gasteiger partial charge on any atom is -0.374 e. The van der Waals surface area contributed by atoms with E-state index < -0.39 is 9.84 Å².